The van der Waals surface area contributed by atoms with Gasteiger partial charge in [-0.3, -0.25) is 9.59 Å². The summed E-state index contributed by atoms with van der Waals surface area (Å²) in [5, 5.41) is 6.39. The first-order valence-corrected chi connectivity index (χ1v) is 7.56. The fraction of sp³-hybridized carbons (Fsp3) is 0.667. The van der Waals surface area contributed by atoms with E-state index in [0.29, 0.717) is 11.6 Å². The van der Waals surface area contributed by atoms with Crippen LogP contribution in [-0.4, -0.2) is 34.5 Å². The van der Waals surface area contributed by atoms with E-state index in [1.165, 1.54) is 19.8 Å². The highest BCUT2D eigenvalue weighted by Gasteiger charge is 2.24. The van der Waals surface area contributed by atoms with Gasteiger partial charge in [-0.25, -0.2) is 0 Å². The summed E-state index contributed by atoms with van der Waals surface area (Å²) in [4.78, 5) is 25.6. The second kappa shape index (κ2) is 7.24. The number of nitrogens with one attached hydrogen (secondary N) is 1. The Hall–Kier alpha value is -1.85. The van der Waals surface area contributed by atoms with Crippen LogP contribution < -0.4 is 5.32 Å². The second-order valence-corrected chi connectivity index (χ2v) is 5.66. The van der Waals surface area contributed by atoms with Gasteiger partial charge in [-0.15, -0.1) is 0 Å². The first-order chi connectivity index (χ1) is 10.1. The molecule has 116 valence electrons. The first-order valence-electron chi connectivity index (χ1n) is 7.56. The molecule has 1 heterocycles. The van der Waals surface area contributed by atoms with Gasteiger partial charge < -0.3 is 14.7 Å². The number of carbonyl (C=O) groups is 2. The van der Waals surface area contributed by atoms with Gasteiger partial charge in [-0.05, 0) is 19.8 Å². The molecule has 1 aromatic heterocycles. The van der Waals surface area contributed by atoms with E-state index in [4.69, 9.17) is 4.52 Å². The number of amides is 2. The monoisotopic (exact) mass is 293 g/mol. The summed E-state index contributed by atoms with van der Waals surface area (Å²) in [7, 11) is 0. The lowest BCUT2D eigenvalue weighted by Crippen LogP contribution is -2.43. The molecule has 1 aliphatic rings. The molecule has 0 aromatic carbocycles. The van der Waals surface area contributed by atoms with Gasteiger partial charge in [0.1, 0.15) is 12.3 Å². The van der Waals surface area contributed by atoms with Crippen molar-refractivity contribution in [2.24, 2.45) is 0 Å². The normalized spacial score (nSPS) is 16.3. The standard InChI is InChI=1S/C15H23N3O3/c1-11-9-14(17-21-11)16-15(20)10-18(12(2)19)13-7-5-3-4-6-8-13/h9,13H,3-8,10H2,1-2H3,(H,16,17,20). The number of anilines is 1. The molecule has 0 saturated heterocycles. The summed E-state index contributed by atoms with van der Waals surface area (Å²) in [6.45, 7) is 3.36. The third kappa shape index (κ3) is 4.58. The number of aryl methyl sites for hydroxylation is 1. The summed E-state index contributed by atoms with van der Waals surface area (Å²) in [6.07, 6.45) is 6.64. The lowest BCUT2D eigenvalue weighted by Gasteiger charge is -2.29. The minimum absolute atomic E-state index is 0.0478. The Morgan fingerprint density at radius 2 is 2.00 bits per heavy atom. The minimum Gasteiger partial charge on any atom is -0.360 e. The average molecular weight is 293 g/mol. The SMILES string of the molecule is CC(=O)N(CC(=O)Nc1cc(C)on1)C1CCCCCC1. The van der Waals surface area contributed by atoms with Gasteiger partial charge in [0.25, 0.3) is 0 Å². The van der Waals surface area contributed by atoms with Crippen LogP contribution in [0.3, 0.4) is 0 Å². The maximum absolute atomic E-state index is 12.1. The highest BCUT2D eigenvalue weighted by molar-refractivity contribution is 5.93. The van der Waals surface area contributed by atoms with Gasteiger partial charge in [0.05, 0.1) is 0 Å². The Kier molecular flexibility index (Phi) is 5.36. The van der Waals surface area contributed by atoms with Gasteiger partial charge >= 0.3 is 0 Å². The molecule has 0 unspecified atom stereocenters. The predicted octanol–water partition coefficient (Wildman–Crippen LogP) is 2.49. The van der Waals surface area contributed by atoms with Crippen molar-refractivity contribution in [2.45, 2.75) is 58.4 Å². The predicted molar refractivity (Wildman–Crippen MR) is 78.7 cm³/mol. The molecule has 2 rings (SSSR count). The van der Waals surface area contributed by atoms with Gasteiger partial charge in [-0.2, -0.15) is 0 Å². The zero-order valence-electron chi connectivity index (χ0n) is 12.7. The van der Waals surface area contributed by atoms with Gasteiger partial charge in [0.2, 0.25) is 11.8 Å². The van der Waals surface area contributed by atoms with Crippen molar-refractivity contribution in [1.82, 2.24) is 10.1 Å². The summed E-state index contributed by atoms with van der Waals surface area (Å²) in [5.41, 5.74) is 0. The van der Waals surface area contributed by atoms with Crippen molar-refractivity contribution in [3.05, 3.63) is 11.8 Å². The number of carbonyl (C=O) groups excluding carboxylic acids is 2. The Morgan fingerprint density at radius 1 is 1.33 bits per heavy atom. The van der Waals surface area contributed by atoms with Crippen molar-refractivity contribution < 1.29 is 14.1 Å². The molecule has 1 fully saturated rings. The van der Waals surface area contributed by atoms with Crippen molar-refractivity contribution in [2.75, 3.05) is 11.9 Å². The van der Waals surface area contributed by atoms with Crippen LogP contribution in [-0.2, 0) is 9.59 Å². The molecule has 1 aromatic rings. The average Bonchev–Trinajstić information content (AvgIpc) is 2.67. The first kappa shape index (κ1) is 15.5. The molecule has 21 heavy (non-hydrogen) atoms. The Balaban J connectivity index is 1.95. The minimum atomic E-state index is -0.234. The van der Waals surface area contributed by atoms with Crippen LogP contribution in [0.5, 0.6) is 0 Å². The van der Waals surface area contributed by atoms with E-state index in [0.717, 1.165) is 25.7 Å². The van der Waals surface area contributed by atoms with Crippen LogP contribution >= 0.6 is 0 Å². The highest BCUT2D eigenvalue weighted by Crippen LogP contribution is 2.22. The van der Waals surface area contributed by atoms with Gasteiger partial charge in [0.15, 0.2) is 5.82 Å². The number of nitrogens with zero attached hydrogens (tertiary/aromatic N) is 2. The lowest BCUT2D eigenvalue weighted by molar-refractivity contribution is -0.135. The van der Waals surface area contributed by atoms with Crippen molar-refractivity contribution in [3.8, 4) is 0 Å². The number of aromatic nitrogens is 1. The summed E-state index contributed by atoms with van der Waals surface area (Å²) in [5.74, 6) is 0.746. The van der Waals surface area contributed by atoms with E-state index in [-0.39, 0.29) is 24.4 Å². The number of rotatable bonds is 4. The molecular weight excluding hydrogens is 270 g/mol. The maximum Gasteiger partial charge on any atom is 0.245 e. The van der Waals surface area contributed by atoms with E-state index in [9.17, 15) is 9.59 Å². The molecule has 2 amide bonds. The van der Waals surface area contributed by atoms with Crippen LogP contribution in [0.25, 0.3) is 0 Å². The Bertz CT molecular complexity index is 490. The smallest absolute Gasteiger partial charge is 0.245 e. The van der Waals surface area contributed by atoms with E-state index in [1.54, 1.807) is 17.9 Å². The molecular formula is C15H23N3O3. The molecule has 0 bridgehead atoms. The third-order valence-electron chi connectivity index (χ3n) is 3.88. The van der Waals surface area contributed by atoms with E-state index in [2.05, 4.69) is 10.5 Å². The topological polar surface area (TPSA) is 75.4 Å². The number of hydrogen-bond donors (Lipinski definition) is 1. The third-order valence-corrected chi connectivity index (χ3v) is 3.88. The van der Waals surface area contributed by atoms with Gasteiger partial charge in [-0.1, -0.05) is 30.8 Å². The van der Waals surface area contributed by atoms with Crippen LogP contribution in [0.15, 0.2) is 10.6 Å². The molecule has 0 aliphatic heterocycles. The molecule has 0 atom stereocenters. The molecule has 6 heteroatoms. The van der Waals surface area contributed by atoms with Gasteiger partial charge in [0, 0.05) is 19.0 Å². The maximum atomic E-state index is 12.1. The highest BCUT2D eigenvalue weighted by atomic mass is 16.5. The van der Waals surface area contributed by atoms with Crippen molar-refractivity contribution in [1.29, 1.82) is 0 Å². The van der Waals surface area contributed by atoms with Crippen molar-refractivity contribution >= 4 is 17.6 Å². The fourth-order valence-electron chi connectivity index (χ4n) is 2.83. The Labute approximate surface area is 124 Å². The van der Waals surface area contributed by atoms with Crippen LogP contribution in [0.4, 0.5) is 5.82 Å². The quantitative estimate of drug-likeness (QED) is 0.865. The van der Waals surface area contributed by atoms with Crippen LogP contribution in [0, 0.1) is 6.92 Å². The molecule has 1 saturated carbocycles. The summed E-state index contributed by atoms with van der Waals surface area (Å²) in [6, 6.07) is 1.83. The molecule has 0 radical (unpaired) electrons. The van der Waals surface area contributed by atoms with E-state index < -0.39 is 0 Å². The molecule has 0 spiro atoms. The fourth-order valence-corrected chi connectivity index (χ4v) is 2.83. The van der Waals surface area contributed by atoms with E-state index in [1.807, 2.05) is 0 Å². The molecule has 6 nitrogen and oxygen atoms in total. The molecule has 1 N–H and O–H groups in total. The zero-order valence-corrected chi connectivity index (χ0v) is 12.7. The summed E-state index contributed by atoms with van der Waals surface area (Å²) >= 11 is 0. The second-order valence-electron chi connectivity index (χ2n) is 5.66. The van der Waals surface area contributed by atoms with Crippen LogP contribution in [0.1, 0.15) is 51.2 Å². The molecule has 1 aliphatic carbocycles. The Morgan fingerprint density at radius 3 is 2.52 bits per heavy atom. The number of hydrogen-bond acceptors (Lipinski definition) is 4. The largest absolute Gasteiger partial charge is 0.360 e. The zero-order chi connectivity index (χ0) is 15.2. The van der Waals surface area contributed by atoms with Crippen LogP contribution in [0.2, 0.25) is 0 Å². The van der Waals surface area contributed by atoms with E-state index >= 15 is 0 Å². The summed E-state index contributed by atoms with van der Waals surface area (Å²) < 4.78 is 4.91. The van der Waals surface area contributed by atoms with Crippen molar-refractivity contribution in [3.63, 3.8) is 0 Å². The lowest BCUT2D eigenvalue weighted by atomic mass is 10.1.